The van der Waals surface area contributed by atoms with Crippen molar-refractivity contribution in [2.24, 2.45) is 11.1 Å². The summed E-state index contributed by atoms with van der Waals surface area (Å²) in [5.41, 5.74) is 4.61. The second kappa shape index (κ2) is 5.03. The molecule has 2 saturated carbocycles. The zero-order valence-electron chi connectivity index (χ0n) is 11.8. The zero-order chi connectivity index (χ0) is 16.1. The fourth-order valence-corrected chi connectivity index (χ4v) is 4.25. The average Bonchev–Trinajstić information content (AvgIpc) is 2.99. The Labute approximate surface area is 137 Å². The molecule has 2 bridgehead atoms. The number of phenolic OH excluding ortho intramolecular Hbond substituents is 1. The fourth-order valence-electron chi connectivity index (χ4n) is 3.76. The third-order valence-corrected chi connectivity index (χ3v) is 5.52. The van der Waals surface area contributed by atoms with Crippen molar-refractivity contribution in [2.45, 2.75) is 37.6 Å². The molecule has 0 spiro atoms. The lowest BCUT2D eigenvalue weighted by molar-refractivity contribution is -0.127. The molecule has 0 heterocycles. The molecule has 118 valence electrons. The first kappa shape index (κ1) is 15.4. The molecule has 5 nitrogen and oxygen atoms in total. The first-order valence-corrected chi connectivity index (χ1v) is 7.83. The van der Waals surface area contributed by atoms with Crippen molar-refractivity contribution in [3.05, 3.63) is 27.7 Å². The Bertz CT molecular complexity index is 667. The van der Waals surface area contributed by atoms with E-state index in [-0.39, 0.29) is 27.3 Å². The monoisotopic (exact) mass is 342 g/mol. The fraction of sp³-hybridized carbons (Fsp3) is 0.467. The van der Waals surface area contributed by atoms with Gasteiger partial charge in [0.05, 0.1) is 16.0 Å². The van der Waals surface area contributed by atoms with Crippen LogP contribution < -0.4 is 11.1 Å². The van der Waals surface area contributed by atoms with E-state index in [1.54, 1.807) is 0 Å². The Balaban J connectivity index is 1.83. The lowest BCUT2D eigenvalue weighted by Crippen LogP contribution is -2.45. The van der Waals surface area contributed by atoms with Crippen molar-refractivity contribution in [3.63, 3.8) is 0 Å². The largest absolute Gasteiger partial charge is 0.506 e. The number of hydrogen-bond acceptors (Lipinski definition) is 3. The van der Waals surface area contributed by atoms with E-state index >= 15 is 0 Å². The maximum Gasteiger partial charge on any atom is 0.255 e. The van der Waals surface area contributed by atoms with Crippen LogP contribution in [-0.4, -0.2) is 22.5 Å². The Morgan fingerprint density at radius 1 is 1.18 bits per heavy atom. The first-order valence-electron chi connectivity index (χ1n) is 7.07. The van der Waals surface area contributed by atoms with Gasteiger partial charge in [-0.3, -0.25) is 9.59 Å². The summed E-state index contributed by atoms with van der Waals surface area (Å²) >= 11 is 11.7. The van der Waals surface area contributed by atoms with E-state index in [9.17, 15) is 14.7 Å². The van der Waals surface area contributed by atoms with Gasteiger partial charge in [-0.05, 0) is 44.2 Å². The topological polar surface area (TPSA) is 92.4 Å². The predicted molar refractivity (Wildman–Crippen MR) is 83.0 cm³/mol. The van der Waals surface area contributed by atoms with Gasteiger partial charge in [-0.1, -0.05) is 23.2 Å². The Morgan fingerprint density at radius 2 is 1.82 bits per heavy atom. The van der Waals surface area contributed by atoms with Crippen LogP contribution in [0, 0.1) is 5.41 Å². The Kier molecular flexibility index (Phi) is 3.53. The normalized spacial score (nSPS) is 29.5. The van der Waals surface area contributed by atoms with E-state index in [2.05, 4.69) is 5.32 Å². The molecule has 3 rings (SSSR count). The summed E-state index contributed by atoms with van der Waals surface area (Å²) in [4.78, 5) is 24.1. The van der Waals surface area contributed by atoms with E-state index in [1.807, 2.05) is 0 Å². The molecule has 2 fully saturated rings. The molecule has 0 aromatic heterocycles. The first-order chi connectivity index (χ1) is 10.3. The standard InChI is InChI=1S/C15H16Cl2N2O3/c16-8-5-9(11(20)10(17)6-8)12(21)19-15-3-1-14(7-15,2-4-15)13(18)22/h5-6,20H,1-4,7H2,(H2,18,22)(H,19,21). The van der Waals surface area contributed by atoms with Crippen molar-refractivity contribution in [3.8, 4) is 5.75 Å². The smallest absolute Gasteiger partial charge is 0.255 e. The Morgan fingerprint density at radius 3 is 2.36 bits per heavy atom. The number of carbonyl (C=O) groups excluding carboxylic acids is 2. The summed E-state index contributed by atoms with van der Waals surface area (Å²) in [6.07, 6.45) is 3.33. The summed E-state index contributed by atoms with van der Waals surface area (Å²) in [7, 11) is 0. The van der Waals surface area contributed by atoms with E-state index in [1.165, 1.54) is 12.1 Å². The van der Waals surface area contributed by atoms with Gasteiger partial charge in [0.1, 0.15) is 5.75 Å². The molecule has 1 aromatic carbocycles. The van der Waals surface area contributed by atoms with Crippen LogP contribution in [0.2, 0.25) is 10.0 Å². The van der Waals surface area contributed by atoms with Crippen LogP contribution in [0.15, 0.2) is 12.1 Å². The summed E-state index contributed by atoms with van der Waals surface area (Å²) in [6.45, 7) is 0. The van der Waals surface area contributed by atoms with Crippen molar-refractivity contribution < 1.29 is 14.7 Å². The van der Waals surface area contributed by atoms with Gasteiger partial charge in [-0.15, -0.1) is 0 Å². The van der Waals surface area contributed by atoms with Gasteiger partial charge in [-0.2, -0.15) is 0 Å². The molecule has 0 aliphatic heterocycles. The van der Waals surface area contributed by atoms with Crippen molar-refractivity contribution in [1.29, 1.82) is 0 Å². The maximum absolute atomic E-state index is 12.5. The number of nitrogens with two attached hydrogens (primary N) is 1. The number of amides is 2. The Hall–Kier alpha value is -1.46. The third-order valence-electron chi connectivity index (χ3n) is 5.02. The van der Waals surface area contributed by atoms with E-state index in [0.29, 0.717) is 32.1 Å². The van der Waals surface area contributed by atoms with Gasteiger partial charge in [-0.25, -0.2) is 0 Å². The van der Waals surface area contributed by atoms with Crippen molar-refractivity contribution in [1.82, 2.24) is 5.32 Å². The second-order valence-electron chi connectivity index (χ2n) is 6.34. The maximum atomic E-state index is 12.5. The van der Waals surface area contributed by atoms with Crippen LogP contribution in [0.25, 0.3) is 0 Å². The predicted octanol–water partition coefficient (Wildman–Crippen LogP) is 2.62. The molecule has 2 amide bonds. The number of benzene rings is 1. The van der Waals surface area contributed by atoms with Gasteiger partial charge < -0.3 is 16.2 Å². The number of aromatic hydroxyl groups is 1. The highest BCUT2D eigenvalue weighted by atomic mass is 35.5. The van der Waals surface area contributed by atoms with Gasteiger partial charge in [0.15, 0.2) is 0 Å². The van der Waals surface area contributed by atoms with E-state index in [0.717, 1.165) is 0 Å². The molecule has 0 radical (unpaired) electrons. The molecule has 0 saturated heterocycles. The SMILES string of the molecule is NC(=O)C12CCC(NC(=O)c3cc(Cl)cc(Cl)c3O)(CC1)C2. The van der Waals surface area contributed by atoms with Gasteiger partial charge >= 0.3 is 0 Å². The lowest BCUT2D eigenvalue weighted by Gasteiger charge is -2.28. The molecule has 7 heteroatoms. The number of nitrogens with one attached hydrogen (secondary N) is 1. The molecule has 2 aliphatic rings. The molecule has 0 atom stereocenters. The summed E-state index contributed by atoms with van der Waals surface area (Å²) in [5.74, 6) is -1.03. The van der Waals surface area contributed by atoms with Crippen molar-refractivity contribution in [2.75, 3.05) is 0 Å². The van der Waals surface area contributed by atoms with Crippen molar-refractivity contribution >= 4 is 35.0 Å². The zero-order valence-corrected chi connectivity index (χ0v) is 13.3. The summed E-state index contributed by atoms with van der Waals surface area (Å²) in [5, 5.41) is 13.2. The van der Waals surface area contributed by atoms with Crippen LogP contribution in [0.3, 0.4) is 0 Å². The van der Waals surface area contributed by atoms with Gasteiger partial charge in [0.2, 0.25) is 5.91 Å². The van der Waals surface area contributed by atoms with Gasteiger partial charge in [0.25, 0.3) is 5.91 Å². The van der Waals surface area contributed by atoms with Crippen LogP contribution >= 0.6 is 23.2 Å². The molecule has 22 heavy (non-hydrogen) atoms. The van der Waals surface area contributed by atoms with Gasteiger partial charge in [0, 0.05) is 10.6 Å². The number of rotatable bonds is 3. The van der Waals surface area contributed by atoms with E-state index < -0.39 is 16.9 Å². The highest BCUT2D eigenvalue weighted by Gasteiger charge is 2.57. The molecule has 0 unspecified atom stereocenters. The minimum Gasteiger partial charge on any atom is -0.506 e. The lowest BCUT2D eigenvalue weighted by atomic mass is 9.83. The minimum atomic E-state index is -0.499. The number of primary amides is 1. The molecule has 1 aromatic rings. The number of fused-ring (bicyclic) bond motifs is 2. The highest BCUT2D eigenvalue weighted by molar-refractivity contribution is 6.36. The molecular weight excluding hydrogens is 327 g/mol. The molecule has 4 N–H and O–H groups in total. The molecular formula is C15H16Cl2N2O3. The van der Waals surface area contributed by atoms with E-state index in [4.69, 9.17) is 28.9 Å². The summed E-state index contributed by atoms with van der Waals surface area (Å²) < 4.78 is 0. The minimum absolute atomic E-state index is 0.0273. The van der Waals surface area contributed by atoms with Crippen LogP contribution in [0.1, 0.15) is 42.5 Å². The summed E-state index contributed by atoms with van der Waals surface area (Å²) in [6, 6.07) is 2.75. The number of hydrogen-bond donors (Lipinski definition) is 3. The van der Waals surface area contributed by atoms with Crippen LogP contribution in [0.4, 0.5) is 0 Å². The highest BCUT2D eigenvalue weighted by Crippen LogP contribution is 2.56. The second-order valence-corrected chi connectivity index (χ2v) is 7.18. The number of halogens is 2. The van der Waals surface area contributed by atoms with Crippen LogP contribution in [-0.2, 0) is 4.79 Å². The number of carbonyl (C=O) groups is 2. The number of phenols is 1. The quantitative estimate of drug-likeness (QED) is 0.788. The third kappa shape index (κ3) is 2.32. The average molecular weight is 343 g/mol. The molecule has 2 aliphatic carbocycles. The van der Waals surface area contributed by atoms with Crippen LogP contribution in [0.5, 0.6) is 5.75 Å².